The fourth-order valence-electron chi connectivity index (χ4n) is 1.16. The van der Waals surface area contributed by atoms with Crippen LogP contribution in [0.3, 0.4) is 0 Å². The van der Waals surface area contributed by atoms with Crippen LogP contribution in [0.4, 0.5) is 5.95 Å². The largest absolute Gasteiger partial charge is 0.347 e. The van der Waals surface area contributed by atoms with Crippen LogP contribution < -0.4 is 4.90 Å². The van der Waals surface area contributed by atoms with Crippen LogP contribution >= 0.6 is 0 Å². The van der Waals surface area contributed by atoms with Crippen molar-refractivity contribution in [2.45, 2.75) is 20.8 Å². The second-order valence-corrected chi connectivity index (χ2v) is 3.51. The molecule has 0 fully saturated rings. The molecule has 76 valence electrons. The third-order valence-corrected chi connectivity index (χ3v) is 2.14. The Labute approximate surface area is 85.5 Å². The second kappa shape index (κ2) is 4.22. The summed E-state index contributed by atoms with van der Waals surface area (Å²) in [5, 5.41) is 0. The van der Waals surface area contributed by atoms with Crippen molar-refractivity contribution >= 4 is 12.0 Å². The molecule has 0 aromatic carbocycles. The van der Waals surface area contributed by atoms with Crippen molar-refractivity contribution in [3.63, 3.8) is 0 Å². The summed E-state index contributed by atoms with van der Waals surface area (Å²) >= 11 is 0. The fourth-order valence-corrected chi connectivity index (χ4v) is 1.16. The van der Waals surface area contributed by atoms with Gasteiger partial charge in [-0.1, -0.05) is 6.08 Å². The predicted molar refractivity (Wildman–Crippen MR) is 60.5 cm³/mol. The molecule has 0 atom stereocenters. The lowest BCUT2D eigenvalue weighted by molar-refractivity contribution is 0.956. The van der Waals surface area contributed by atoms with E-state index in [2.05, 4.69) is 9.97 Å². The van der Waals surface area contributed by atoms with E-state index in [1.54, 1.807) is 0 Å². The summed E-state index contributed by atoms with van der Waals surface area (Å²) in [6, 6.07) is 0. The minimum absolute atomic E-state index is 0.765. The Balaban J connectivity index is 3.28. The minimum Gasteiger partial charge on any atom is -0.347 e. The van der Waals surface area contributed by atoms with Gasteiger partial charge in [0, 0.05) is 19.8 Å². The van der Waals surface area contributed by atoms with Crippen LogP contribution in [0, 0.1) is 13.8 Å². The molecule has 14 heavy (non-hydrogen) atoms. The van der Waals surface area contributed by atoms with E-state index in [4.69, 9.17) is 0 Å². The molecule has 0 N–H and O–H groups in total. The van der Waals surface area contributed by atoms with E-state index in [-0.39, 0.29) is 0 Å². The topological polar surface area (TPSA) is 29.0 Å². The van der Waals surface area contributed by atoms with Crippen LogP contribution in [0.15, 0.2) is 6.08 Å². The number of anilines is 1. The standard InChI is InChI=1S/C11H17N3/c1-6-7-10-8(2)9(3)12-11(13-10)14(4)5/h6-7H,1-5H3. The Morgan fingerprint density at radius 3 is 2.29 bits per heavy atom. The second-order valence-electron chi connectivity index (χ2n) is 3.51. The summed E-state index contributed by atoms with van der Waals surface area (Å²) in [5.41, 5.74) is 3.19. The molecule has 0 bridgehead atoms. The maximum Gasteiger partial charge on any atom is 0.225 e. The van der Waals surface area contributed by atoms with Crippen molar-refractivity contribution in [1.29, 1.82) is 0 Å². The van der Waals surface area contributed by atoms with Gasteiger partial charge in [0.15, 0.2) is 0 Å². The quantitative estimate of drug-likeness (QED) is 0.717. The number of hydrogen-bond acceptors (Lipinski definition) is 3. The van der Waals surface area contributed by atoms with Crippen molar-refractivity contribution < 1.29 is 0 Å². The van der Waals surface area contributed by atoms with Gasteiger partial charge in [-0.25, -0.2) is 9.97 Å². The molecule has 0 radical (unpaired) electrons. The number of aryl methyl sites for hydroxylation is 1. The third kappa shape index (κ3) is 2.10. The molecule has 0 aliphatic heterocycles. The smallest absolute Gasteiger partial charge is 0.225 e. The van der Waals surface area contributed by atoms with Crippen molar-refractivity contribution in [2.24, 2.45) is 0 Å². The summed E-state index contributed by atoms with van der Waals surface area (Å²) in [6.07, 6.45) is 4.01. The Kier molecular flexibility index (Phi) is 3.23. The predicted octanol–water partition coefficient (Wildman–Crippen LogP) is 2.19. The number of aromatic nitrogens is 2. The van der Waals surface area contributed by atoms with E-state index < -0.39 is 0 Å². The number of hydrogen-bond donors (Lipinski definition) is 0. The summed E-state index contributed by atoms with van der Waals surface area (Å²) in [7, 11) is 3.90. The van der Waals surface area contributed by atoms with Gasteiger partial charge in [-0.2, -0.15) is 0 Å². The number of allylic oxidation sites excluding steroid dienone is 1. The lowest BCUT2D eigenvalue weighted by atomic mass is 10.2. The van der Waals surface area contributed by atoms with E-state index >= 15 is 0 Å². The molecule has 1 heterocycles. The average molecular weight is 191 g/mol. The van der Waals surface area contributed by atoms with Gasteiger partial charge in [0.1, 0.15) is 0 Å². The number of rotatable bonds is 2. The van der Waals surface area contributed by atoms with Gasteiger partial charge in [0.2, 0.25) is 5.95 Å². The van der Waals surface area contributed by atoms with Gasteiger partial charge in [-0.15, -0.1) is 0 Å². The highest BCUT2D eigenvalue weighted by Gasteiger charge is 2.06. The van der Waals surface area contributed by atoms with Gasteiger partial charge in [0.05, 0.1) is 5.69 Å². The normalized spacial score (nSPS) is 10.9. The van der Waals surface area contributed by atoms with Gasteiger partial charge in [0.25, 0.3) is 0 Å². The molecule has 1 aromatic heterocycles. The van der Waals surface area contributed by atoms with E-state index in [1.165, 1.54) is 0 Å². The molecule has 3 nitrogen and oxygen atoms in total. The zero-order chi connectivity index (χ0) is 10.7. The monoisotopic (exact) mass is 191 g/mol. The SMILES string of the molecule is CC=Cc1nc(N(C)C)nc(C)c1C. The fraction of sp³-hybridized carbons (Fsp3) is 0.455. The number of nitrogens with zero attached hydrogens (tertiary/aromatic N) is 3. The van der Waals surface area contributed by atoms with E-state index in [9.17, 15) is 0 Å². The molecule has 0 saturated heterocycles. The van der Waals surface area contributed by atoms with E-state index in [0.717, 1.165) is 22.9 Å². The highest BCUT2D eigenvalue weighted by atomic mass is 15.2. The zero-order valence-corrected chi connectivity index (χ0v) is 9.50. The summed E-state index contributed by atoms with van der Waals surface area (Å²) in [5.74, 6) is 0.765. The van der Waals surface area contributed by atoms with Gasteiger partial charge >= 0.3 is 0 Å². The molecule has 0 aliphatic carbocycles. The van der Waals surface area contributed by atoms with Gasteiger partial charge in [-0.3, -0.25) is 0 Å². The van der Waals surface area contributed by atoms with Crippen LogP contribution in [0.1, 0.15) is 23.9 Å². The van der Waals surface area contributed by atoms with Gasteiger partial charge < -0.3 is 4.90 Å². The third-order valence-electron chi connectivity index (χ3n) is 2.14. The highest BCUT2D eigenvalue weighted by molar-refractivity contribution is 5.52. The Morgan fingerprint density at radius 1 is 1.14 bits per heavy atom. The Bertz CT molecular complexity index is 354. The average Bonchev–Trinajstić information content (AvgIpc) is 2.12. The summed E-state index contributed by atoms with van der Waals surface area (Å²) in [6.45, 7) is 6.05. The van der Waals surface area contributed by atoms with Crippen molar-refractivity contribution in [3.8, 4) is 0 Å². The Morgan fingerprint density at radius 2 is 1.79 bits per heavy atom. The minimum atomic E-state index is 0.765. The first-order chi connectivity index (χ1) is 6.56. The highest BCUT2D eigenvalue weighted by Crippen LogP contribution is 2.14. The molecule has 0 saturated carbocycles. The first-order valence-electron chi connectivity index (χ1n) is 4.71. The lowest BCUT2D eigenvalue weighted by Crippen LogP contribution is -2.14. The maximum atomic E-state index is 4.45. The molecular formula is C11H17N3. The van der Waals surface area contributed by atoms with Crippen LogP contribution in [0.2, 0.25) is 0 Å². The zero-order valence-electron chi connectivity index (χ0n) is 9.50. The molecule has 0 aliphatic rings. The van der Waals surface area contributed by atoms with Gasteiger partial charge in [-0.05, 0) is 32.4 Å². The first kappa shape index (κ1) is 10.7. The molecule has 3 heteroatoms. The molecule has 1 aromatic rings. The van der Waals surface area contributed by atoms with Crippen molar-refractivity contribution in [3.05, 3.63) is 23.0 Å². The van der Waals surface area contributed by atoms with Crippen LogP contribution in [-0.4, -0.2) is 24.1 Å². The van der Waals surface area contributed by atoms with Crippen LogP contribution in [0.25, 0.3) is 6.08 Å². The molecule has 1 rings (SSSR count). The lowest BCUT2D eigenvalue weighted by Gasteiger charge is -2.13. The van der Waals surface area contributed by atoms with Crippen molar-refractivity contribution in [1.82, 2.24) is 9.97 Å². The van der Waals surface area contributed by atoms with Crippen molar-refractivity contribution in [2.75, 3.05) is 19.0 Å². The molecular weight excluding hydrogens is 174 g/mol. The maximum absolute atomic E-state index is 4.45. The van der Waals surface area contributed by atoms with E-state index in [0.29, 0.717) is 0 Å². The molecule has 0 spiro atoms. The summed E-state index contributed by atoms with van der Waals surface area (Å²) < 4.78 is 0. The van der Waals surface area contributed by atoms with Crippen LogP contribution in [-0.2, 0) is 0 Å². The van der Waals surface area contributed by atoms with E-state index in [1.807, 2.05) is 51.9 Å². The summed E-state index contributed by atoms with van der Waals surface area (Å²) in [4.78, 5) is 10.8. The van der Waals surface area contributed by atoms with Crippen LogP contribution in [0.5, 0.6) is 0 Å². The first-order valence-corrected chi connectivity index (χ1v) is 4.71. The Hall–Kier alpha value is -1.38. The molecule has 0 unspecified atom stereocenters. The molecule has 0 amide bonds.